The fourth-order valence-corrected chi connectivity index (χ4v) is 1.14. The minimum absolute atomic E-state index is 0.331. The van der Waals surface area contributed by atoms with Crippen LogP contribution in [0, 0.1) is 13.8 Å². The normalized spacial score (nSPS) is 11.9. The van der Waals surface area contributed by atoms with E-state index in [1.807, 2.05) is 0 Å². The van der Waals surface area contributed by atoms with Crippen LogP contribution in [0.4, 0.5) is 17.6 Å². The van der Waals surface area contributed by atoms with Crippen molar-refractivity contribution in [3.8, 4) is 0 Å². The maximum atomic E-state index is 12.6. The van der Waals surface area contributed by atoms with Crippen LogP contribution in [0.3, 0.4) is 0 Å². The van der Waals surface area contributed by atoms with Crippen LogP contribution in [-0.2, 0) is 11.3 Å². The Morgan fingerprint density at radius 1 is 1.47 bits per heavy atom. The van der Waals surface area contributed by atoms with Crippen molar-refractivity contribution >= 4 is 5.91 Å². The summed E-state index contributed by atoms with van der Waals surface area (Å²) < 4.78 is 53.6. The third-order valence-electron chi connectivity index (χ3n) is 2.18. The zero-order chi connectivity index (χ0) is 13.2. The molecule has 96 valence electrons. The summed E-state index contributed by atoms with van der Waals surface area (Å²) in [4.78, 5) is 10.8. The van der Waals surface area contributed by atoms with E-state index in [2.05, 4.69) is 5.16 Å². The van der Waals surface area contributed by atoms with Gasteiger partial charge < -0.3 is 9.84 Å². The van der Waals surface area contributed by atoms with Gasteiger partial charge in [-0.15, -0.1) is 0 Å². The molecule has 0 atom stereocenters. The van der Waals surface area contributed by atoms with E-state index in [1.54, 1.807) is 12.2 Å². The standard InChI is InChI=1S/C9H10F4N2O2/c1-4-6(5(2)17-15-4)3-14-8(16)9(12,13)7(10)11/h7H,3H2,1-2H3,(H,14,16). The molecule has 0 bridgehead atoms. The molecule has 0 spiro atoms. The van der Waals surface area contributed by atoms with Gasteiger partial charge in [-0.1, -0.05) is 5.16 Å². The first-order chi connectivity index (χ1) is 7.76. The van der Waals surface area contributed by atoms with E-state index in [-0.39, 0.29) is 6.54 Å². The minimum atomic E-state index is -4.70. The van der Waals surface area contributed by atoms with Gasteiger partial charge in [0, 0.05) is 12.1 Å². The van der Waals surface area contributed by atoms with E-state index in [1.165, 1.54) is 6.92 Å². The molecule has 0 saturated carbocycles. The maximum Gasteiger partial charge on any atom is 0.383 e. The summed E-state index contributed by atoms with van der Waals surface area (Å²) in [7, 11) is 0. The van der Waals surface area contributed by atoms with Crippen LogP contribution < -0.4 is 5.32 Å². The van der Waals surface area contributed by atoms with E-state index in [4.69, 9.17) is 4.52 Å². The van der Waals surface area contributed by atoms with Crippen LogP contribution in [0.1, 0.15) is 17.0 Å². The van der Waals surface area contributed by atoms with Gasteiger partial charge in [0.2, 0.25) is 0 Å². The molecule has 8 heteroatoms. The number of aromatic nitrogens is 1. The first kappa shape index (κ1) is 13.5. The minimum Gasteiger partial charge on any atom is -0.361 e. The van der Waals surface area contributed by atoms with Gasteiger partial charge in [-0.25, -0.2) is 8.78 Å². The second-order valence-electron chi connectivity index (χ2n) is 3.41. The van der Waals surface area contributed by atoms with Gasteiger partial charge in [-0.2, -0.15) is 8.78 Å². The van der Waals surface area contributed by atoms with Crippen molar-refractivity contribution in [3.63, 3.8) is 0 Å². The van der Waals surface area contributed by atoms with E-state index in [9.17, 15) is 22.4 Å². The number of nitrogens with zero attached hydrogens (tertiary/aromatic N) is 1. The summed E-state index contributed by atoms with van der Waals surface area (Å²) in [5.41, 5.74) is 0.798. The Morgan fingerprint density at radius 3 is 2.47 bits per heavy atom. The van der Waals surface area contributed by atoms with Crippen molar-refractivity contribution in [2.24, 2.45) is 0 Å². The molecule has 17 heavy (non-hydrogen) atoms. The molecule has 4 nitrogen and oxygen atoms in total. The number of amides is 1. The lowest BCUT2D eigenvalue weighted by Crippen LogP contribution is -2.44. The summed E-state index contributed by atoms with van der Waals surface area (Å²) in [6.45, 7) is 2.73. The third kappa shape index (κ3) is 2.75. The second kappa shape index (κ2) is 4.72. The zero-order valence-electron chi connectivity index (χ0n) is 9.06. The van der Waals surface area contributed by atoms with E-state index in [0.717, 1.165) is 0 Å². The lowest BCUT2D eigenvalue weighted by molar-refractivity contribution is -0.169. The van der Waals surface area contributed by atoms with Crippen LogP contribution in [0.25, 0.3) is 0 Å². The molecule has 1 rings (SSSR count). The molecular formula is C9H10F4N2O2. The molecule has 0 fully saturated rings. The van der Waals surface area contributed by atoms with E-state index in [0.29, 0.717) is 17.0 Å². The molecule has 1 heterocycles. The highest BCUT2D eigenvalue weighted by Gasteiger charge is 2.48. The van der Waals surface area contributed by atoms with Gasteiger partial charge in [0.25, 0.3) is 5.91 Å². The van der Waals surface area contributed by atoms with Gasteiger partial charge >= 0.3 is 12.3 Å². The van der Waals surface area contributed by atoms with Crippen LogP contribution in [-0.4, -0.2) is 23.4 Å². The number of halogens is 4. The highest BCUT2D eigenvalue weighted by molar-refractivity contribution is 5.83. The molecule has 0 aromatic carbocycles. The van der Waals surface area contributed by atoms with Gasteiger partial charge in [0.1, 0.15) is 5.76 Å². The molecule has 0 radical (unpaired) electrons. The SMILES string of the molecule is Cc1noc(C)c1CNC(=O)C(F)(F)C(F)F. The van der Waals surface area contributed by atoms with Gasteiger partial charge in [-0.05, 0) is 13.8 Å². The summed E-state index contributed by atoms with van der Waals surface area (Å²) in [5.74, 6) is -6.38. The number of carbonyl (C=O) groups excluding carboxylic acids is 1. The molecule has 0 aliphatic carbocycles. The number of aryl methyl sites for hydroxylation is 2. The Bertz CT molecular complexity index is 398. The van der Waals surface area contributed by atoms with Crippen molar-refractivity contribution in [3.05, 3.63) is 17.0 Å². The summed E-state index contributed by atoms with van der Waals surface area (Å²) in [6, 6.07) is 0. The highest BCUT2D eigenvalue weighted by Crippen LogP contribution is 2.23. The molecule has 0 saturated heterocycles. The maximum absolute atomic E-state index is 12.6. The third-order valence-corrected chi connectivity index (χ3v) is 2.18. The van der Waals surface area contributed by atoms with Crippen molar-refractivity contribution < 1.29 is 26.9 Å². The van der Waals surface area contributed by atoms with Crippen molar-refractivity contribution in [2.45, 2.75) is 32.7 Å². The fourth-order valence-electron chi connectivity index (χ4n) is 1.14. The van der Waals surface area contributed by atoms with Crippen molar-refractivity contribution in [1.29, 1.82) is 0 Å². The Hall–Kier alpha value is -1.60. The smallest absolute Gasteiger partial charge is 0.361 e. The lowest BCUT2D eigenvalue weighted by atomic mass is 10.2. The fraction of sp³-hybridized carbons (Fsp3) is 0.556. The summed E-state index contributed by atoms with van der Waals surface area (Å²) in [6.07, 6.45) is -4.04. The van der Waals surface area contributed by atoms with Crippen LogP contribution in [0.2, 0.25) is 0 Å². The monoisotopic (exact) mass is 254 g/mol. The average molecular weight is 254 g/mol. The summed E-state index contributed by atoms with van der Waals surface area (Å²) in [5, 5.41) is 5.25. The Balaban J connectivity index is 2.67. The molecular weight excluding hydrogens is 244 g/mol. The number of rotatable bonds is 4. The predicted octanol–water partition coefficient (Wildman–Crippen LogP) is 1.81. The van der Waals surface area contributed by atoms with Gasteiger partial charge in [-0.3, -0.25) is 4.79 Å². The second-order valence-corrected chi connectivity index (χ2v) is 3.41. The summed E-state index contributed by atoms with van der Waals surface area (Å²) >= 11 is 0. The van der Waals surface area contributed by atoms with Crippen LogP contribution >= 0.6 is 0 Å². The first-order valence-electron chi connectivity index (χ1n) is 4.62. The number of hydrogen-bond acceptors (Lipinski definition) is 3. The topological polar surface area (TPSA) is 55.1 Å². The van der Waals surface area contributed by atoms with Gasteiger partial charge in [0.15, 0.2) is 0 Å². The highest BCUT2D eigenvalue weighted by atomic mass is 19.3. The molecule has 1 N–H and O–H groups in total. The number of carbonyl (C=O) groups is 1. The number of hydrogen-bond donors (Lipinski definition) is 1. The van der Waals surface area contributed by atoms with Crippen molar-refractivity contribution in [2.75, 3.05) is 0 Å². The average Bonchev–Trinajstić information content (AvgIpc) is 2.55. The van der Waals surface area contributed by atoms with Gasteiger partial charge in [0.05, 0.1) is 5.69 Å². The molecule has 1 amide bonds. The quantitative estimate of drug-likeness (QED) is 0.833. The van der Waals surface area contributed by atoms with Crippen LogP contribution in [0.5, 0.6) is 0 Å². The Labute approximate surface area is 94.0 Å². The number of nitrogens with one attached hydrogen (secondary N) is 1. The molecule has 0 aliphatic rings. The lowest BCUT2D eigenvalue weighted by Gasteiger charge is -2.14. The molecule has 0 unspecified atom stereocenters. The molecule has 1 aromatic rings. The Kier molecular flexibility index (Phi) is 3.74. The number of alkyl halides is 4. The van der Waals surface area contributed by atoms with E-state index < -0.39 is 18.3 Å². The first-order valence-corrected chi connectivity index (χ1v) is 4.62. The largest absolute Gasteiger partial charge is 0.383 e. The predicted molar refractivity (Wildman–Crippen MR) is 48.8 cm³/mol. The molecule has 0 aliphatic heterocycles. The Morgan fingerprint density at radius 2 is 2.06 bits per heavy atom. The van der Waals surface area contributed by atoms with E-state index >= 15 is 0 Å². The van der Waals surface area contributed by atoms with Crippen molar-refractivity contribution in [1.82, 2.24) is 10.5 Å². The molecule has 1 aromatic heterocycles. The van der Waals surface area contributed by atoms with Crippen LogP contribution in [0.15, 0.2) is 4.52 Å². The zero-order valence-corrected chi connectivity index (χ0v) is 9.06.